The fourth-order valence-corrected chi connectivity index (χ4v) is 2.73. The number of carboxylic acid groups (broad SMARTS) is 1. The number of aromatic carboxylic acids is 1. The van der Waals surface area contributed by atoms with E-state index in [1.165, 1.54) is 24.8 Å². The molecule has 0 bridgehead atoms. The van der Waals surface area contributed by atoms with Gasteiger partial charge in [0, 0.05) is 0 Å². The van der Waals surface area contributed by atoms with Crippen molar-refractivity contribution in [2.45, 2.75) is 39.5 Å². The molecule has 5 heteroatoms. The van der Waals surface area contributed by atoms with E-state index < -0.39 is 5.97 Å². The van der Waals surface area contributed by atoms with Crippen LogP contribution in [0.2, 0.25) is 0 Å². The van der Waals surface area contributed by atoms with Gasteiger partial charge in [0.1, 0.15) is 19.0 Å². The van der Waals surface area contributed by atoms with Crippen LogP contribution in [0.4, 0.5) is 0 Å². The van der Waals surface area contributed by atoms with Gasteiger partial charge in [-0.25, -0.2) is 4.79 Å². The fourth-order valence-electron chi connectivity index (χ4n) is 2.73. The maximum Gasteiger partial charge on any atom is 0.335 e. The normalized spacial score (nSPS) is 11.1. The lowest BCUT2D eigenvalue weighted by molar-refractivity contribution is 0.0696. The topological polar surface area (TPSA) is 65.0 Å². The minimum Gasteiger partial charge on any atom is -0.493 e. The third-order valence-corrected chi connectivity index (χ3v) is 4.27. The molecule has 0 aliphatic rings. The summed E-state index contributed by atoms with van der Waals surface area (Å²) >= 11 is 0. The highest BCUT2D eigenvalue weighted by Gasteiger charge is 2.19. The van der Waals surface area contributed by atoms with Crippen LogP contribution < -0.4 is 14.2 Å². The molecule has 0 fully saturated rings. The molecule has 0 unspecified atom stereocenters. The Hall–Kier alpha value is -2.69. The SMILES string of the molecule is CCc1ccc(OCCOc2cc(C(=O)O)ccc2OC)c(C(C)(C)C)c1. The monoisotopic (exact) mass is 372 g/mol. The molecule has 0 aliphatic heterocycles. The minimum absolute atomic E-state index is 0.0274. The lowest BCUT2D eigenvalue weighted by atomic mass is 9.85. The van der Waals surface area contributed by atoms with Gasteiger partial charge in [-0.05, 0) is 47.2 Å². The molecule has 0 heterocycles. The quantitative estimate of drug-likeness (QED) is 0.680. The van der Waals surface area contributed by atoms with Gasteiger partial charge in [-0.3, -0.25) is 0 Å². The van der Waals surface area contributed by atoms with Crippen molar-refractivity contribution < 1.29 is 24.1 Å². The van der Waals surface area contributed by atoms with Crippen molar-refractivity contribution >= 4 is 5.97 Å². The van der Waals surface area contributed by atoms with Crippen LogP contribution >= 0.6 is 0 Å². The van der Waals surface area contributed by atoms with Crippen LogP contribution in [0.5, 0.6) is 17.2 Å². The van der Waals surface area contributed by atoms with Crippen LogP contribution in [-0.2, 0) is 11.8 Å². The molecule has 5 nitrogen and oxygen atoms in total. The van der Waals surface area contributed by atoms with Gasteiger partial charge in [-0.2, -0.15) is 0 Å². The number of hydrogen-bond donors (Lipinski definition) is 1. The number of rotatable bonds is 8. The van der Waals surface area contributed by atoms with Crippen LogP contribution in [-0.4, -0.2) is 31.4 Å². The molecule has 0 spiro atoms. The van der Waals surface area contributed by atoms with Gasteiger partial charge >= 0.3 is 5.97 Å². The second-order valence-electron chi connectivity index (χ2n) is 7.30. The Labute approximate surface area is 160 Å². The number of carbonyl (C=O) groups is 1. The molecule has 0 aliphatic carbocycles. The molecule has 0 atom stereocenters. The molecule has 2 aromatic carbocycles. The number of methoxy groups -OCH3 is 1. The summed E-state index contributed by atoms with van der Waals surface area (Å²) in [5.41, 5.74) is 2.56. The van der Waals surface area contributed by atoms with Crippen molar-refractivity contribution in [3.63, 3.8) is 0 Å². The lowest BCUT2D eigenvalue weighted by Crippen LogP contribution is -2.16. The zero-order chi connectivity index (χ0) is 20.0. The third-order valence-electron chi connectivity index (χ3n) is 4.27. The molecular formula is C22H28O5. The van der Waals surface area contributed by atoms with Crippen molar-refractivity contribution in [1.29, 1.82) is 0 Å². The number of benzene rings is 2. The first-order valence-electron chi connectivity index (χ1n) is 9.06. The number of ether oxygens (including phenoxy) is 3. The van der Waals surface area contributed by atoms with Gasteiger partial charge in [-0.15, -0.1) is 0 Å². The van der Waals surface area contributed by atoms with Crippen LogP contribution in [0.3, 0.4) is 0 Å². The van der Waals surface area contributed by atoms with E-state index in [2.05, 4.69) is 39.8 Å². The molecule has 2 rings (SSSR count). The van der Waals surface area contributed by atoms with Crippen LogP contribution in [0.25, 0.3) is 0 Å². The molecule has 2 aromatic rings. The summed E-state index contributed by atoms with van der Waals surface area (Å²) in [6.07, 6.45) is 0.978. The van der Waals surface area contributed by atoms with Crippen LogP contribution in [0, 0.1) is 0 Å². The van der Waals surface area contributed by atoms with Gasteiger partial charge in [0.2, 0.25) is 0 Å². The predicted molar refractivity (Wildman–Crippen MR) is 105 cm³/mol. The van der Waals surface area contributed by atoms with E-state index in [0.717, 1.165) is 17.7 Å². The van der Waals surface area contributed by atoms with Crippen molar-refractivity contribution in [2.75, 3.05) is 20.3 Å². The van der Waals surface area contributed by atoms with Gasteiger partial charge < -0.3 is 19.3 Å². The van der Waals surface area contributed by atoms with Crippen molar-refractivity contribution in [3.05, 3.63) is 53.1 Å². The third kappa shape index (κ3) is 5.39. The van der Waals surface area contributed by atoms with Crippen molar-refractivity contribution in [3.8, 4) is 17.2 Å². The van der Waals surface area contributed by atoms with Gasteiger partial charge in [0.25, 0.3) is 0 Å². The summed E-state index contributed by atoms with van der Waals surface area (Å²) < 4.78 is 16.9. The maximum atomic E-state index is 11.1. The van der Waals surface area contributed by atoms with Crippen LogP contribution in [0.1, 0.15) is 49.2 Å². The maximum absolute atomic E-state index is 11.1. The predicted octanol–water partition coefficient (Wildman–Crippen LogP) is 4.71. The van der Waals surface area contributed by atoms with Crippen molar-refractivity contribution in [2.24, 2.45) is 0 Å². The zero-order valence-corrected chi connectivity index (χ0v) is 16.7. The minimum atomic E-state index is -1.01. The average molecular weight is 372 g/mol. The average Bonchev–Trinajstić information content (AvgIpc) is 2.64. The van der Waals surface area contributed by atoms with Gasteiger partial charge in [0.15, 0.2) is 11.5 Å². The fraction of sp³-hybridized carbons (Fsp3) is 0.409. The molecule has 27 heavy (non-hydrogen) atoms. The molecule has 146 valence electrons. The van der Waals surface area contributed by atoms with E-state index in [1.54, 1.807) is 6.07 Å². The number of aryl methyl sites for hydroxylation is 1. The zero-order valence-electron chi connectivity index (χ0n) is 16.7. The summed E-state index contributed by atoms with van der Waals surface area (Å²) in [5.74, 6) is 0.709. The summed E-state index contributed by atoms with van der Waals surface area (Å²) in [5, 5.41) is 9.12. The highest BCUT2D eigenvalue weighted by Crippen LogP contribution is 2.32. The van der Waals surface area contributed by atoms with E-state index in [0.29, 0.717) is 18.1 Å². The van der Waals surface area contributed by atoms with E-state index in [1.807, 2.05) is 6.07 Å². The Morgan fingerprint density at radius 2 is 1.59 bits per heavy atom. The number of hydrogen-bond acceptors (Lipinski definition) is 4. The summed E-state index contributed by atoms with van der Waals surface area (Å²) in [7, 11) is 1.52. The van der Waals surface area contributed by atoms with Crippen LogP contribution in [0.15, 0.2) is 36.4 Å². The molecule has 1 N–H and O–H groups in total. The molecule has 0 amide bonds. The first-order chi connectivity index (χ1) is 12.8. The Morgan fingerprint density at radius 3 is 2.15 bits per heavy atom. The van der Waals surface area contributed by atoms with Gasteiger partial charge in [-0.1, -0.05) is 39.8 Å². The van der Waals surface area contributed by atoms with E-state index >= 15 is 0 Å². The first kappa shape index (κ1) is 20.6. The van der Waals surface area contributed by atoms with E-state index in [9.17, 15) is 4.79 Å². The standard InChI is InChI=1S/C22H28O5/c1-6-15-7-9-18(17(13-15)22(2,3)4)26-11-12-27-20-14-16(21(23)24)8-10-19(20)25-5/h7-10,13-14H,6,11-12H2,1-5H3,(H,23,24). The second kappa shape index (κ2) is 8.80. The summed E-state index contributed by atoms with van der Waals surface area (Å²) in [6, 6.07) is 10.8. The second-order valence-corrected chi connectivity index (χ2v) is 7.30. The largest absolute Gasteiger partial charge is 0.493 e. The Morgan fingerprint density at radius 1 is 0.963 bits per heavy atom. The van der Waals surface area contributed by atoms with E-state index in [4.69, 9.17) is 19.3 Å². The Balaban J connectivity index is 2.05. The Kier molecular flexibility index (Phi) is 6.72. The highest BCUT2D eigenvalue weighted by atomic mass is 16.5. The molecule has 0 saturated carbocycles. The van der Waals surface area contributed by atoms with E-state index in [-0.39, 0.29) is 17.6 Å². The molecule has 0 radical (unpaired) electrons. The van der Waals surface area contributed by atoms with Gasteiger partial charge in [0.05, 0.1) is 12.7 Å². The molecule has 0 saturated heterocycles. The summed E-state index contributed by atoms with van der Waals surface area (Å²) in [4.78, 5) is 11.1. The molecule has 0 aromatic heterocycles. The first-order valence-corrected chi connectivity index (χ1v) is 9.06. The van der Waals surface area contributed by atoms with Crippen molar-refractivity contribution in [1.82, 2.24) is 0 Å². The Bertz CT molecular complexity index is 790. The molecular weight excluding hydrogens is 344 g/mol. The highest BCUT2D eigenvalue weighted by molar-refractivity contribution is 5.88. The smallest absolute Gasteiger partial charge is 0.335 e. The summed E-state index contributed by atoms with van der Waals surface area (Å²) in [6.45, 7) is 9.23. The number of carboxylic acids is 1. The lowest BCUT2D eigenvalue weighted by Gasteiger charge is -2.24.